The molecule has 2 aliphatic heterocycles. The highest BCUT2D eigenvalue weighted by atomic mass is 32.2. The van der Waals surface area contributed by atoms with Gasteiger partial charge in [-0.1, -0.05) is 42.2 Å². The number of para-hydroxylation sites is 1. The van der Waals surface area contributed by atoms with Crippen molar-refractivity contribution < 1.29 is 19.5 Å². The van der Waals surface area contributed by atoms with Gasteiger partial charge in [0.1, 0.15) is 4.32 Å². The zero-order chi connectivity index (χ0) is 16.7. The Morgan fingerprint density at radius 1 is 1.26 bits per heavy atom. The first-order chi connectivity index (χ1) is 10.9. The number of anilines is 1. The molecule has 0 atom stereocenters. The van der Waals surface area contributed by atoms with Crippen molar-refractivity contribution in [3.63, 3.8) is 0 Å². The van der Waals surface area contributed by atoms with E-state index in [9.17, 15) is 14.4 Å². The van der Waals surface area contributed by atoms with Gasteiger partial charge in [-0.2, -0.15) is 0 Å². The highest BCUT2D eigenvalue weighted by Gasteiger charge is 2.40. The molecule has 2 aliphatic rings. The number of hydrogen-bond acceptors (Lipinski definition) is 5. The summed E-state index contributed by atoms with van der Waals surface area (Å²) >= 11 is 6.21. The van der Waals surface area contributed by atoms with Crippen molar-refractivity contribution in [1.29, 1.82) is 0 Å². The summed E-state index contributed by atoms with van der Waals surface area (Å²) in [7, 11) is 1.65. The Hall–Kier alpha value is -2.19. The van der Waals surface area contributed by atoms with Crippen LogP contribution in [0.15, 0.2) is 29.2 Å². The summed E-state index contributed by atoms with van der Waals surface area (Å²) in [5.74, 6) is -1.67. The lowest BCUT2D eigenvalue weighted by molar-refractivity contribution is -0.137. The predicted molar refractivity (Wildman–Crippen MR) is 90.9 cm³/mol. The largest absolute Gasteiger partial charge is 0.481 e. The minimum Gasteiger partial charge on any atom is -0.481 e. The number of likely N-dealkylation sites (N-methyl/N-ethyl adjacent to an activating group) is 1. The van der Waals surface area contributed by atoms with Crippen molar-refractivity contribution in [2.75, 3.05) is 18.5 Å². The molecule has 0 aromatic heterocycles. The first kappa shape index (κ1) is 15.7. The van der Waals surface area contributed by atoms with Gasteiger partial charge in [0.05, 0.1) is 22.6 Å². The van der Waals surface area contributed by atoms with Gasteiger partial charge in [-0.05, 0) is 6.07 Å². The molecule has 2 heterocycles. The standard InChI is InChI=1S/C15H12N2O4S2/c1-16-9-5-3-2-4-8(9)11(13(16)20)12-14(21)17(15(22)23-12)7-6-10(18)19/h2-5H,6-7H2,1H3,(H,18,19). The van der Waals surface area contributed by atoms with Crippen LogP contribution in [0.3, 0.4) is 0 Å². The molecule has 8 heteroatoms. The highest BCUT2D eigenvalue weighted by Crippen LogP contribution is 2.43. The molecule has 0 bridgehead atoms. The van der Waals surface area contributed by atoms with Crippen LogP contribution in [0.4, 0.5) is 5.69 Å². The molecule has 23 heavy (non-hydrogen) atoms. The second-order valence-corrected chi connectivity index (χ2v) is 6.70. The van der Waals surface area contributed by atoms with Crippen LogP contribution >= 0.6 is 24.0 Å². The van der Waals surface area contributed by atoms with Crippen LogP contribution in [0.5, 0.6) is 0 Å². The monoisotopic (exact) mass is 348 g/mol. The minimum atomic E-state index is -1.01. The summed E-state index contributed by atoms with van der Waals surface area (Å²) in [5.41, 5.74) is 1.76. The molecule has 2 amide bonds. The normalized spacial score (nSPS) is 20.5. The van der Waals surface area contributed by atoms with E-state index in [0.717, 1.165) is 17.4 Å². The number of thioether (sulfide) groups is 1. The van der Waals surface area contributed by atoms with Crippen molar-refractivity contribution in [1.82, 2.24) is 4.90 Å². The fourth-order valence-electron chi connectivity index (χ4n) is 2.54. The van der Waals surface area contributed by atoms with E-state index < -0.39 is 11.9 Å². The molecule has 3 rings (SSSR count). The molecule has 1 fully saturated rings. The number of carboxylic acids is 1. The number of carbonyl (C=O) groups excluding carboxylic acids is 2. The lowest BCUT2D eigenvalue weighted by atomic mass is 10.1. The predicted octanol–water partition coefficient (Wildman–Crippen LogP) is 1.71. The van der Waals surface area contributed by atoms with E-state index in [-0.39, 0.29) is 28.1 Å². The van der Waals surface area contributed by atoms with Crippen LogP contribution in [0, 0.1) is 0 Å². The molecule has 0 unspecified atom stereocenters. The zero-order valence-electron chi connectivity index (χ0n) is 12.1. The molecule has 1 saturated heterocycles. The van der Waals surface area contributed by atoms with E-state index in [1.807, 2.05) is 12.1 Å². The molecule has 0 spiro atoms. The SMILES string of the molecule is CN1C(=O)C(=C2SC(=S)N(CCC(=O)O)C2=O)c2ccccc21. The molecule has 0 radical (unpaired) electrons. The number of nitrogens with zero attached hydrogens (tertiary/aromatic N) is 2. The Bertz CT molecular complexity index is 787. The number of hydrogen-bond donors (Lipinski definition) is 1. The molecular weight excluding hydrogens is 336 g/mol. The summed E-state index contributed by atoms with van der Waals surface area (Å²) in [6.07, 6.45) is -0.195. The fourth-order valence-corrected chi connectivity index (χ4v) is 3.92. The second-order valence-electron chi connectivity index (χ2n) is 5.05. The molecule has 6 nitrogen and oxygen atoms in total. The number of rotatable bonds is 3. The maximum atomic E-state index is 12.6. The average molecular weight is 348 g/mol. The number of fused-ring (bicyclic) bond motifs is 1. The zero-order valence-corrected chi connectivity index (χ0v) is 13.7. The van der Waals surface area contributed by atoms with Crippen LogP contribution in [-0.4, -0.2) is 45.7 Å². The van der Waals surface area contributed by atoms with E-state index in [1.165, 1.54) is 9.80 Å². The number of carboxylic acid groups (broad SMARTS) is 1. The van der Waals surface area contributed by atoms with Gasteiger partial charge < -0.3 is 10.0 Å². The fraction of sp³-hybridized carbons (Fsp3) is 0.200. The summed E-state index contributed by atoms with van der Waals surface area (Å²) in [4.78, 5) is 38.8. The number of benzene rings is 1. The Morgan fingerprint density at radius 2 is 1.96 bits per heavy atom. The third-order valence-corrected chi connectivity index (χ3v) is 5.13. The number of carbonyl (C=O) groups is 3. The summed E-state index contributed by atoms with van der Waals surface area (Å²) in [6, 6.07) is 7.22. The third kappa shape index (κ3) is 2.53. The van der Waals surface area contributed by atoms with Gasteiger partial charge in [0.25, 0.3) is 11.8 Å². The molecule has 0 saturated carbocycles. The van der Waals surface area contributed by atoms with Gasteiger partial charge in [0, 0.05) is 19.2 Å². The number of amides is 2. The minimum absolute atomic E-state index is 0.00244. The Labute approximate surface area is 141 Å². The molecule has 1 aromatic rings. The molecule has 118 valence electrons. The Kier molecular flexibility index (Phi) is 3.95. The van der Waals surface area contributed by atoms with Gasteiger partial charge in [0.2, 0.25) is 0 Å². The van der Waals surface area contributed by atoms with E-state index in [2.05, 4.69) is 0 Å². The first-order valence-electron chi connectivity index (χ1n) is 6.79. The van der Waals surface area contributed by atoms with E-state index in [4.69, 9.17) is 17.3 Å². The summed E-state index contributed by atoms with van der Waals surface area (Å²) in [5, 5.41) is 8.77. The van der Waals surface area contributed by atoms with E-state index >= 15 is 0 Å². The van der Waals surface area contributed by atoms with Crippen molar-refractivity contribution in [3.8, 4) is 0 Å². The lowest BCUT2D eigenvalue weighted by Gasteiger charge is -2.12. The van der Waals surface area contributed by atoms with Crippen molar-refractivity contribution in [3.05, 3.63) is 34.7 Å². The highest BCUT2D eigenvalue weighted by molar-refractivity contribution is 8.26. The van der Waals surface area contributed by atoms with Crippen molar-refractivity contribution in [2.24, 2.45) is 0 Å². The van der Waals surface area contributed by atoms with E-state index in [1.54, 1.807) is 19.2 Å². The van der Waals surface area contributed by atoms with Gasteiger partial charge in [0.15, 0.2) is 0 Å². The van der Waals surface area contributed by atoms with E-state index in [0.29, 0.717) is 11.1 Å². The number of thiocarbonyl (C=S) groups is 1. The topological polar surface area (TPSA) is 77.9 Å². The molecule has 0 aliphatic carbocycles. The average Bonchev–Trinajstić information content (AvgIpc) is 2.93. The molecule has 1 aromatic carbocycles. The molecule has 1 N–H and O–H groups in total. The lowest BCUT2D eigenvalue weighted by Crippen LogP contribution is -2.30. The van der Waals surface area contributed by atoms with Crippen LogP contribution < -0.4 is 4.90 Å². The Morgan fingerprint density at radius 3 is 2.65 bits per heavy atom. The van der Waals surface area contributed by atoms with Crippen LogP contribution in [0.2, 0.25) is 0 Å². The number of aliphatic carboxylic acids is 1. The first-order valence-corrected chi connectivity index (χ1v) is 8.01. The van der Waals surface area contributed by atoms with Crippen LogP contribution in [0.25, 0.3) is 5.57 Å². The summed E-state index contributed by atoms with van der Waals surface area (Å²) in [6.45, 7) is 0.00244. The molecular formula is C15H12N2O4S2. The maximum Gasteiger partial charge on any atom is 0.305 e. The third-order valence-electron chi connectivity index (χ3n) is 3.68. The maximum absolute atomic E-state index is 12.6. The van der Waals surface area contributed by atoms with Crippen LogP contribution in [-0.2, 0) is 14.4 Å². The quantitative estimate of drug-likeness (QED) is 0.662. The van der Waals surface area contributed by atoms with Crippen molar-refractivity contribution in [2.45, 2.75) is 6.42 Å². The summed E-state index contributed by atoms with van der Waals surface area (Å²) < 4.78 is 0.276. The van der Waals surface area contributed by atoms with Gasteiger partial charge in [-0.15, -0.1) is 0 Å². The van der Waals surface area contributed by atoms with Crippen LogP contribution in [0.1, 0.15) is 12.0 Å². The van der Waals surface area contributed by atoms with Gasteiger partial charge in [-0.3, -0.25) is 19.3 Å². The Balaban J connectivity index is 2.03. The van der Waals surface area contributed by atoms with Gasteiger partial charge >= 0.3 is 5.97 Å². The second kappa shape index (κ2) is 5.78. The van der Waals surface area contributed by atoms with Crippen molar-refractivity contribution >= 4 is 57.3 Å². The van der Waals surface area contributed by atoms with Gasteiger partial charge in [-0.25, -0.2) is 0 Å². The smallest absolute Gasteiger partial charge is 0.305 e.